The number of benzene rings is 1. The van der Waals surface area contributed by atoms with Gasteiger partial charge < -0.3 is 5.32 Å². The number of hydrogen-bond donors (Lipinski definition) is 1. The highest BCUT2D eigenvalue weighted by atomic mass is 32.2. The maximum atomic E-state index is 12.6. The molecule has 1 atom stereocenters. The lowest BCUT2D eigenvalue weighted by atomic mass is 10.1. The van der Waals surface area contributed by atoms with Crippen LogP contribution in [0.15, 0.2) is 51.7 Å². The summed E-state index contributed by atoms with van der Waals surface area (Å²) in [6, 6.07) is 12.1. The smallest absolute Gasteiger partial charge is 0.272 e. The molecule has 2 aromatic heterocycles. The third kappa shape index (κ3) is 4.34. The lowest BCUT2D eigenvalue weighted by molar-refractivity contribution is -0.122. The number of fused-ring (bicyclic) bond motifs is 1. The summed E-state index contributed by atoms with van der Waals surface area (Å²) >= 11 is 2.73. The highest BCUT2D eigenvalue weighted by molar-refractivity contribution is 7.98. The van der Waals surface area contributed by atoms with Crippen LogP contribution in [0.4, 0.5) is 0 Å². The van der Waals surface area contributed by atoms with E-state index in [0.717, 1.165) is 12.8 Å². The summed E-state index contributed by atoms with van der Waals surface area (Å²) in [7, 11) is 0. The maximum absolute atomic E-state index is 12.6. The van der Waals surface area contributed by atoms with Crippen molar-refractivity contribution >= 4 is 39.2 Å². The van der Waals surface area contributed by atoms with Gasteiger partial charge in [-0.15, -0.1) is 11.3 Å². The molecule has 2 heterocycles. The van der Waals surface area contributed by atoms with E-state index in [0.29, 0.717) is 15.4 Å². The van der Waals surface area contributed by atoms with Crippen molar-refractivity contribution < 1.29 is 4.79 Å². The molecule has 0 unspecified atom stereocenters. The van der Waals surface area contributed by atoms with Gasteiger partial charge in [0.15, 0.2) is 5.16 Å². The molecule has 0 aliphatic carbocycles. The van der Waals surface area contributed by atoms with Gasteiger partial charge in [-0.1, -0.05) is 42.1 Å². The van der Waals surface area contributed by atoms with E-state index in [-0.39, 0.29) is 24.1 Å². The normalized spacial score (nSPS) is 12.2. The van der Waals surface area contributed by atoms with E-state index < -0.39 is 0 Å². The number of aromatic nitrogens is 2. The van der Waals surface area contributed by atoms with Crippen LogP contribution in [0.5, 0.6) is 0 Å². The van der Waals surface area contributed by atoms with Crippen molar-refractivity contribution in [3.8, 4) is 0 Å². The number of aryl methyl sites for hydroxylation is 1. The Hall–Kier alpha value is -2.12. The second kappa shape index (κ2) is 8.51. The van der Waals surface area contributed by atoms with E-state index in [1.165, 1.54) is 33.2 Å². The Morgan fingerprint density at radius 1 is 1.31 bits per heavy atom. The fraction of sp³-hybridized carbons (Fsp3) is 0.316. The SMILES string of the molecule is CSc1nc2ccsc2c(=O)n1CC(=O)N[C@@H](C)CCc1ccccc1. The van der Waals surface area contributed by atoms with Crippen LogP contribution in [0.3, 0.4) is 0 Å². The molecule has 0 radical (unpaired) electrons. The Bertz CT molecular complexity index is 950. The third-order valence-electron chi connectivity index (χ3n) is 4.13. The minimum atomic E-state index is -0.166. The van der Waals surface area contributed by atoms with Gasteiger partial charge >= 0.3 is 0 Å². The van der Waals surface area contributed by atoms with Gasteiger partial charge in [0, 0.05) is 6.04 Å². The standard InChI is InChI=1S/C19H21N3O2S2/c1-13(8-9-14-6-4-3-5-7-14)20-16(23)12-22-18(24)17-15(10-11-26-17)21-19(22)25-2/h3-7,10-11,13H,8-9,12H2,1-2H3,(H,20,23)/t13-/m0/s1. The molecular weight excluding hydrogens is 366 g/mol. The van der Waals surface area contributed by atoms with Crippen LogP contribution >= 0.6 is 23.1 Å². The number of amides is 1. The van der Waals surface area contributed by atoms with E-state index in [4.69, 9.17) is 0 Å². The second-order valence-electron chi connectivity index (χ2n) is 6.12. The molecule has 0 saturated carbocycles. The van der Waals surface area contributed by atoms with Gasteiger partial charge in [-0.05, 0) is 43.0 Å². The average Bonchev–Trinajstić information content (AvgIpc) is 3.12. The lowest BCUT2D eigenvalue weighted by Gasteiger charge is -2.15. The van der Waals surface area contributed by atoms with Crippen molar-refractivity contribution in [3.63, 3.8) is 0 Å². The topological polar surface area (TPSA) is 64.0 Å². The first-order valence-corrected chi connectivity index (χ1v) is 10.5. The Morgan fingerprint density at radius 2 is 2.08 bits per heavy atom. The van der Waals surface area contributed by atoms with Crippen LogP contribution in [-0.2, 0) is 17.8 Å². The predicted octanol–water partition coefficient (Wildman–Crippen LogP) is 3.32. The number of rotatable bonds is 7. The number of thiophene rings is 1. The minimum Gasteiger partial charge on any atom is -0.352 e. The summed E-state index contributed by atoms with van der Waals surface area (Å²) in [5.41, 5.74) is 1.79. The summed E-state index contributed by atoms with van der Waals surface area (Å²) < 4.78 is 2.05. The molecule has 0 fully saturated rings. The molecule has 3 rings (SSSR count). The zero-order valence-corrected chi connectivity index (χ0v) is 16.4. The Balaban J connectivity index is 1.65. The molecule has 1 N–H and O–H groups in total. The molecule has 1 aromatic carbocycles. The van der Waals surface area contributed by atoms with Crippen molar-refractivity contribution in [1.82, 2.24) is 14.9 Å². The van der Waals surface area contributed by atoms with E-state index in [1.54, 1.807) is 0 Å². The molecule has 136 valence electrons. The number of thioether (sulfide) groups is 1. The molecule has 5 nitrogen and oxygen atoms in total. The first kappa shape index (κ1) is 18.7. The first-order chi connectivity index (χ1) is 12.6. The number of carbonyl (C=O) groups is 1. The average molecular weight is 388 g/mol. The second-order valence-corrected chi connectivity index (χ2v) is 7.81. The highest BCUT2D eigenvalue weighted by Crippen LogP contribution is 2.19. The zero-order valence-electron chi connectivity index (χ0n) is 14.8. The zero-order chi connectivity index (χ0) is 18.5. The fourth-order valence-electron chi connectivity index (χ4n) is 2.78. The fourth-order valence-corrected chi connectivity index (χ4v) is 4.12. The quantitative estimate of drug-likeness (QED) is 0.499. The maximum Gasteiger partial charge on any atom is 0.272 e. The molecule has 3 aromatic rings. The van der Waals surface area contributed by atoms with Gasteiger partial charge in [0.05, 0.1) is 5.52 Å². The van der Waals surface area contributed by atoms with Crippen molar-refractivity contribution in [3.05, 3.63) is 57.7 Å². The molecule has 0 saturated heterocycles. The molecule has 0 spiro atoms. The van der Waals surface area contributed by atoms with Crippen molar-refractivity contribution in [2.45, 2.75) is 37.5 Å². The van der Waals surface area contributed by atoms with Crippen molar-refractivity contribution in [2.75, 3.05) is 6.26 Å². The van der Waals surface area contributed by atoms with Gasteiger partial charge in [-0.3, -0.25) is 14.2 Å². The number of carbonyl (C=O) groups excluding carboxylic acids is 1. The molecule has 0 aliphatic rings. The number of nitrogens with one attached hydrogen (secondary N) is 1. The highest BCUT2D eigenvalue weighted by Gasteiger charge is 2.15. The summed E-state index contributed by atoms with van der Waals surface area (Å²) in [4.78, 5) is 29.5. The third-order valence-corrected chi connectivity index (χ3v) is 5.70. The Kier molecular flexibility index (Phi) is 6.11. The van der Waals surface area contributed by atoms with Crippen LogP contribution in [0.1, 0.15) is 18.9 Å². The molecule has 26 heavy (non-hydrogen) atoms. The predicted molar refractivity (Wildman–Crippen MR) is 108 cm³/mol. The Labute approximate surface area is 160 Å². The van der Waals surface area contributed by atoms with Crippen molar-refractivity contribution in [1.29, 1.82) is 0 Å². The van der Waals surface area contributed by atoms with Crippen LogP contribution in [0.2, 0.25) is 0 Å². The summed E-state index contributed by atoms with van der Waals surface area (Å²) in [6.45, 7) is 1.98. The number of hydrogen-bond acceptors (Lipinski definition) is 5. The Morgan fingerprint density at radius 3 is 2.81 bits per heavy atom. The summed E-state index contributed by atoms with van der Waals surface area (Å²) in [5.74, 6) is -0.166. The van der Waals surface area contributed by atoms with Crippen LogP contribution in [0.25, 0.3) is 10.2 Å². The summed E-state index contributed by atoms with van der Waals surface area (Å²) in [5, 5.41) is 5.40. The van der Waals surface area contributed by atoms with E-state index >= 15 is 0 Å². The van der Waals surface area contributed by atoms with Gasteiger partial charge in [0.1, 0.15) is 11.2 Å². The molecule has 0 aliphatic heterocycles. The van der Waals surface area contributed by atoms with Gasteiger partial charge in [-0.2, -0.15) is 0 Å². The van der Waals surface area contributed by atoms with Crippen LogP contribution < -0.4 is 10.9 Å². The van der Waals surface area contributed by atoms with E-state index in [9.17, 15) is 9.59 Å². The first-order valence-electron chi connectivity index (χ1n) is 8.44. The van der Waals surface area contributed by atoms with Gasteiger partial charge in [0.25, 0.3) is 5.56 Å². The van der Waals surface area contributed by atoms with E-state index in [2.05, 4.69) is 22.4 Å². The summed E-state index contributed by atoms with van der Waals surface area (Å²) in [6.07, 6.45) is 3.61. The number of nitrogens with zero attached hydrogens (tertiary/aromatic N) is 2. The van der Waals surface area contributed by atoms with Gasteiger partial charge in [0.2, 0.25) is 5.91 Å². The monoisotopic (exact) mass is 387 g/mol. The molecule has 0 bridgehead atoms. The van der Waals surface area contributed by atoms with E-state index in [1.807, 2.05) is 42.8 Å². The van der Waals surface area contributed by atoms with Gasteiger partial charge in [-0.25, -0.2) is 4.98 Å². The molecule has 7 heteroatoms. The minimum absolute atomic E-state index is 0.00841. The molecule has 1 amide bonds. The van der Waals surface area contributed by atoms with Crippen LogP contribution in [-0.4, -0.2) is 27.8 Å². The lowest BCUT2D eigenvalue weighted by Crippen LogP contribution is -2.38. The van der Waals surface area contributed by atoms with Crippen LogP contribution in [0, 0.1) is 0 Å². The molecular formula is C19H21N3O2S2. The largest absolute Gasteiger partial charge is 0.352 e. The van der Waals surface area contributed by atoms with Crippen molar-refractivity contribution in [2.24, 2.45) is 0 Å².